The Kier molecular flexibility index (Phi) is 6.97. The van der Waals surface area contributed by atoms with E-state index in [9.17, 15) is 19.5 Å². The normalized spacial score (nSPS) is 32.4. The number of carbonyl (C=O) groups is 3. The van der Waals surface area contributed by atoms with E-state index < -0.39 is 46.3 Å². The molecule has 1 saturated heterocycles. The Morgan fingerprint density at radius 2 is 1.75 bits per heavy atom. The Balaban J connectivity index is 1.49. The van der Waals surface area contributed by atoms with E-state index in [1.807, 2.05) is 0 Å². The van der Waals surface area contributed by atoms with Crippen molar-refractivity contribution in [2.75, 3.05) is 6.54 Å². The van der Waals surface area contributed by atoms with E-state index in [2.05, 4.69) is 5.32 Å². The Bertz CT molecular complexity index is 756. The summed E-state index contributed by atoms with van der Waals surface area (Å²) in [6, 6.07) is -2.35. The fourth-order valence-corrected chi connectivity index (χ4v) is 6.67. The number of nitrogens with two attached hydrogens (primary N) is 2. The minimum absolute atomic E-state index is 0.108. The second kappa shape index (κ2) is 9.28. The first-order valence-corrected chi connectivity index (χ1v) is 12.6. The molecule has 3 unspecified atom stereocenters. The molecule has 4 aliphatic rings. The first kappa shape index (κ1) is 24.0. The average Bonchev–Trinajstić information content (AvgIpc) is 3.08. The number of hydrogen-bond donors (Lipinski definition) is 4. The monoisotopic (exact) mass is 488 g/mol. The maximum absolute atomic E-state index is 13.4. The van der Waals surface area contributed by atoms with Crippen molar-refractivity contribution in [3.05, 3.63) is 0 Å². The number of aliphatic hydroxyl groups excluding tert-OH is 1. The number of carbonyl (C=O) groups excluding carboxylic acids is 3. The molecular formula is C22H34Cl2N4O4. The van der Waals surface area contributed by atoms with Gasteiger partial charge >= 0.3 is 0 Å². The molecule has 1 aliphatic heterocycles. The molecule has 3 saturated carbocycles. The lowest BCUT2D eigenvalue weighted by Crippen LogP contribution is -2.59. The molecule has 3 amide bonds. The van der Waals surface area contributed by atoms with Crippen molar-refractivity contribution >= 4 is 40.9 Å². The van der Waals surface area contributed by atoms with Crippen LogP contribution in [0.3, 0.4) is 0 Å². The third-order valence-corrected chi connectivity index (χ3v) is 9.20. The van der Waals surface area contributed by atoms with Gasteiger partial charge in [0.2, 0.25) is 17.7 Å². The van der Waals surface area contributed by atoms with Gasteiger partial charge in [-0.3, -0.25) is 14.4 Å². The summed E-state index contributed by atoms with van der Waals surface area (Å²) < 4.78 is -1.07. The lowest BCUT2D eigenvalue weighted by Gasteiger charge is -2.36. The van der Waals surface area contributed by atoms with Gasteiger partial charge in [-0.05, 0) is 31.1 Å². The molecule has 4 rings (SSSR count). The molecule has 0 spiro atoms. The van der Waals surface area contributed by atoms with Crippen LogP contribution in [0, 0.1) is 23.7 Å². The Labute approximate surface area is 198 Å². The van der Waals surface area contributed by atoms with E-state index in [0.717, 1.165) is 51.4 Å². The summed E-state index contributed by atoms with van der Waals surface area (Å²) in [5, 5.41) is 13.1. The fraction of sp³-hybridized carbons (Fsp3) is 0.864. The maximum Gasteiger partial charge on any atom is 0.248 e. The number of aliphatic hydroxyl groups is 1. The van der Waals surface area contributed by atoms with Gasteiger partial charge < -0.3 is 26.8 Å². The number of alkyl halides is 2. The predicted molar refractivity (Wildman–Crippen MR) is 121 cm³/mol. The summed E-state index contributed by atoms with van der Waals surface area (Å²) >= 11 is 12.8. The van der Waals surface area contributed by atoms with Crippen LogP contribution in [0.4, 0.5) is 0 Å². The highest BCUT2D eigenvalue weighted by Gasteiger charge is 2.74. The SMILES string of the molecule is NC(=O)C(O)C(CC1CCC1)NC(=O)[C@@H]1[C@@H]2C(CN1C(=O)[C@@H](N)C1CCCCC1)C2(Cl)Cl. The van der Waals surface area contributed by atoms with Gasteiger partial charge in [0.25, 0.3) is 0 Å². The van der Waals surface area contributed by atoms with Crippen molar-refractivity contribution < 1.29 is 19.5 Å². The lowest BCUT2D eigenvalue weighted by molar-refractivity contribution is -0.143. The van der Waals surface area contributed by atoms with E-state index >= 15 is 0 Å². The summed E-state index contributed by atoms with van der Waals surface area (Å²) in [5.41, 5.74) is 11.7. The molecule has 10 heteroatoms. The smallest absolute Gasteiger partial charge is 0.248 e. The zero-order valence-corrected chi connectivity index (χ0v) is 19.7. The van der Waals surface area contributed by atoms with Crippen molar-refractivity contribution in [1.82, 2.24) is 10.2 Å². The van der Waals surface area contributed by atoms with Gasteiger partial charge in [0.15, 0.2) is 6.10 Å². The number of fused-ring (bicyclic) bond motifs is 1. The molecule has 180 valence electrons. The summed E-state index contributed by atoms with van der Waals surface area (Å²) in [5.74, 6) is -1.77. The van der Waals surface area contributed by atoms with Crippen LogP contribution in [-0.2, 0) is 14.4 Å². The number of nitrogens with one attached hydrogen (secondary N) is 1. The highest BCUT2D eigenvalue weighted by molar-refractivity contribution is 6.51. The van der Waals surface area contributed by atoms with Crippen LogP contribution in [0.2, 0.25) is 0 Å². The average molecular weight is 489 g/mol. The van der Waals surface area contributed by atoms with Crippen molar-refractivity contribution in [2.24, 2.45) is 35.1 Å². The molecule has 6 atom stereocenters. The summed E-state index contributed by atoms with van der Waals surface area (Å²) in [6.45, 7) is 0.278. The molecule has 4 fully saturated rings. The number of primary amides is 1. The second-order valence-corrected chi connectivity index (χ2v) is 11.6. The third kappa shape index (κ3) is 4.48. The molecule has 8 nitrogen and oxygen atoms in total. The van der Waals surface area contributed by atoms with Gasteiger partial charge in [-0.15, -0.1) is 23.2 Å². The largest absolute Gasteiger partial charge is 0.381 e. The minimum Gasteiger partial charge on any atom is -0.381 e. The molecule has 3 aliphatic carbocycles. The summed E-state index contributed by atoms with van der Waals surface area (Å²) in [4.78, 5) is 39.9. The highest BCUT2D eigenvalue weighted by atomic mass is 35.5. The van der Waals surface area contributed by atoms with Crippen molar-refractivity contribution in [3.63, 3.8) is 0 Å². The zero-order valence-electron chi connectivity index (χ0n) is 18.2. The number of rotatable bonds is 8. The van der Waals surface area contributed by atoms with E-state index in [0.29, 0.717) is 12.3 Å². The summed E-state index contributed by atoms with van der Waals surface area (Å²) in [6.07, 6.45) is 7.11. The maximum atomic E-state index is 13.4. The van der Waals surface area contributed by atoms with Crippen LogP contribution in [0.25, 0.3) is 0 Å². The fourth-order valence-electron chi connectivity index (χ4n) is 5.84. The predicted octanol–water partition coefficient (Wildman–Crippen LogP) is 1.05. The number of amides is 3. The van der Waals surface area contributed by atoms with E-state index in [1.165, 1.54) is 4.90 Å². The Hall–Kier alpha value is -1.09. The van der Waals surface area contributed by atoms with Gasteiger partial charge in [-0.1, -0.05) is 38.5 Å². The molecular weight excluding hydrogens is 455 g/mol. The molecule has 0 bridgehead atoms. The quantitative estimate of drug-likeness (QED) is 0.378. The third-order valence-electron chi connectivity index (χ3n) is 8.14. The number of halogens is 2. The van der Waals surface area contributed by atoms with Gasteiger partial charge in [-0.25, -0.2) is 0 Å². The molecule has 32 heavy (non-hydrogen) atoms. The Morgan fingerprint density at radius 1 is 1.09 bits per heavy atom. The van der Waals surface area contributed by atoms with Gasteiger partial charge in [0.05, 0.1) is 12.1 Å². The van der Waals surface area contributed by atoms with Crippen LogP contribution in [-0.4, -0.2) is 62.8 Å². The van der Waals surface area contributed by atoms with Gasteiger partial charge in [-0.2, -0.15) is 0 Å². The van der Waals surface area contributed by atoms with Crippen LogP contribution < -0.4 is 16.8 Å². The molecule has 6 N–H and O–H groups in total. The van der Waals surface area contributed by atoms with Crippen molar-refractivity contribution in [1.29, 1.82) is 0 Å². The highest BCUT2D eigenvalue weighted by Crippen LogP contribution is 2.65. The topological polar surface area (TPSA) is 139 Å². The first-order valence-electron chi connectivity index (χ1n) is 11.8. The van der Waals surface area contributed by atoms with E-state index in [4.69, 9.17) is 34.7 Å². The van der Waals surface area contributed by atoms with Crippen molar-refractivity contribution in [3.8, 4) is 0 Å². The van der Waals surface area contributed by atoms with E-state index in [1.54, 1.807) is 0 Å². The van der Waals surface area contributed by atoms with Crippen LogP contribution in [0.1, 0.15) is 57.8 Å². The zero-order chi connectivity index (χ0) is 23.2. The first-order chi connectivity index (χ1) is 15.1. The van der Waals surface area contributed by atoms with Gasteiger partial charge in [0.1, 0.15) is 10.4 Å². The molecule has 0 aromatic carbocycles. The molecule has 0 radical (unpaired) electrons. The lowest BCUT2D eigenvalue weighted by atomic mass is 9.79. The van der Waals surface area contributed by atoms with Crippen LogP contribution >= 0.6 is 23.2 Å². The van der Waals surface area contributed by atoms with Crippen LogP contribution in [0.15, 0.2) is 0 Å². The molecule has 0 aromatic heterocycles. The molecule has 1 heterocycles. The minimum atomic E-state index is -1.50. The standard InChI is InChI=1S/C22H34Cl2N4O4/c23-22(24)13-10-28(21(32)16(25)12-7-2-1-3-8-12)17(15(13)22)20(31)27-14(18(29)19(26)30)9-11-5-4-6-11/h11-18,29H,1-10,25H2,(H2,26,30)(H,27,31)/t13?,14?,15-,16-,17-,18?/m0/s1. The number of hydrogen-bond acceptors (Lipinski definition) is 5. The Morgan fingerprint density at radius 3 is 2.31 bits per heavy atom. The second-order valence-electron chi connectivity index (χ2n) is 10.2. The summed E-state index contributed by atoms with van der Waals surface area (Å²) in [7, 11) is 0. The number of likely N-dealkylation sites (tertiary alicyclic amines) is 1. The van der Waals surface area contributed by atoms with Gasteiger partial charge in [0, 0.05) is 18.4 Å². The van der Waals surface area contributed by atoms with Crippen molar-refractivity contribution in [2.45, 2.75) is 86.4 Å². The molecule has 0 aromatic rings. The van der Waals surface area contributed by atoms with E-state index in [-0.39, 0.29) is 24.3 Å². The number of piperidine rings is 1. The number of nitrogens with zero attached hydrogens (tertiary/aromatic N) is 1. The van der Waals surface area contributed by atoms with Crippen LogP contribution in [0.5, 0.6) is 0 Å².